The summed E-state index contributed by atoms with van der Waals surface area (Å²) in [5.41, 5.74) is 6.37. The molecule has 5 N–H and O–H groups in total. The van der Waals surface area contributed by atoms with E-state index in [0.29, 0.717) is 38.3 Å². The number of carbonyl (C=O) groups excluding carboxylic acids is 6. The van der Waals surface area contributed by atoms with Crippen molar-refractivity contribution in [2.24, 2.45) is 23.5 Å². The number of hydrogen-bond acceptors (Lipinski definition) is 11. The maximum atomic E-state index is 13.9. The zero-order valence-corrected chi connectivity index (χ0v) is 41.1. The second-order valence-corrected chi connectivity index (χ2v) is 17.2. The van der Waals surface area contributed by atoms with Crippen molar-refractivity contribution in [3.63, 3.8) is 0 Å². The zero-order chi connectivity index (χ0) is 48.2. The molecule has 0 radical (unpaired) electrons. The Bertz CT molecular complexity index is 1460. The number of likely N-dealkylation sites (tertiary alicyclic amines) is 1. The Balaban J connectivity index is 0.00000309. The zero-order valence-electron chi connectivity index (χ0n) is 41.1. The molecule has 0 spiro atoms. The van der Waals surface area contributed by atoms with Gasteiger partial charge in [0.15, 0.2) is 0 Å². The van der Waals surface area contributed by atoms with Crippen LogP contribution < -0.4 is 21.7 Å². The average molecular weight is 892 g/mol. The Hall–Kier alpha value is -4.12. The highest BCUT2D eigenvalue weighted by Crippen LogP contribution is 2.29. The van der Waals surface area contributed by atoms with Gasteiger partial charge in [-0.15, -0.1) is 0 Å². The van der Waals surface area contributed by atoms with Crippen molar-refractivity contribution in [3.05, 3.63) is 35.9 Å². The van der Waals surface area contributed by atoms with E-state index in [2.05, 4.69) is 69.6 Å². The van der Waals surface area contributed by atoms with E-state index in [1.807, 2.05) is 44.2 Å². The lowest BCUT2D eigenvalue weighted by atomic mass is 9.90. The van der Waals surface area contributed by atoms with Crippen LogP contribution in [0.3, 0.4) is 0 Å². The molecule has 0 bridgehead atoms. The molecule has 16 heteroatoms. The van der Waals surface area contributed by atoms with Crippen LogP contribution in [0.1, 0.15) is 106 Å². The van der Waals surface area contributed by atoms with Crippen LogP contribution in [0, 0.1) is 17.8 Å². The lowest BCUT2D eigenvalue weighted by molar-refractivity contribution is -0.146. The molecule has 16 nitrogen and oxygen atoms in total. The fourth-order valence-electron chi connectivity index (χ4n) is 7.25. The van der Waals surface area contributed by atoms with Crippen molar-refractivity contribution in [1.82, 2.24) is 30.7 Å². The molecule has 5 amide bonds. The maximum Gasteiger partial charge on any atom is 0.322 e. The van der Waals surface area contributed by atoms with Crippen molar-refractivity contribution in [1.29, 1.82) is 0 Å². The van der Waals surface area contributed by atoms with Gasteiger partial charge in [0.1, 0.15) is 12.1 Å². The second-order valence-electron chi connectivity index (χ2n) is 17.2. The number of methoxy groups -OCH3 is 2. The lowest BCUT2D eigenvalue weighted by Gasteiger charge is -2.39. The third kappa shape index (κ3) is 21.4. The van der Waals surface area contributed by atoms with Crippen LogP contribution in [0.2, 0.25) is 0 Å². The molecule has 1 heterocycles. The molecular weight excluding hydrogens is 807 g/mol. The van der Waals surface area contributed by atoms with Gasteiger partial charge in [0.05, 0.1) is 49.8 Å². The summed E-state index contributed by atoms with van der Waals surface area (Å²) in [6.07, 6.45) is 3.10. The van der Waals surface area contributed by atoms with Gasteiger partial charge < -0.3 is 50.6 Å². The molecule has 9 unspecified atom stereocenters. The highest BCUT2D eigenvalue weighted by molar-refractivity contribution is 5.89. The minimum atomic E-state index is -0.899. The number of nitrogens with one attached hydrogen (secondary N) is 3. The number of hydrogen-bond donors (Lipinski definition) is 4. The molecule has 63 heavy (non-hydrogen) atoms. The van der Waals surface area contributed by atoms with Gasteiger partial charge in [0.2, 0.25) is 30.0 Å². The molecule has 0 aromatic heterocycles. The summed E-state index contributed by atoms with van der Waals surface area (Å²) in [4.78, 5) is 81.9. The van der Waals surface area contributed by atoms with Crippen LogP contribution in [-0.2, 0) is 49.4 Å². The summed E-state index contributed by atoms with van der Waals surface area (Å²) < 4.78 is 16.8. The standard InChI is InChI=1S/C37H60N6O9.C7H17N.C3H8/c1-8-24(2)33(42(5)32(46)22-39-23-44)30(50-6)21-31(45)43-18-12-16-29(43)34(51-7)25(3)35(47)41-28(20-27-14-10-9-11-15-27)36(48)40-17-13-19-52-37(49)26(4)38;1-6(2)7(3)8(4)5;1-3-2/h9-11,14-15,23-26,28-30,33-34H,8,12-13,16-22,38H2,1-7H3,(H,39,44)(H,40,48)(H,41,47);6-7H,1-5H3;3H2,1-2H3. The predicted molar refractivity (Wildman–Crippen MR) is 248 cm³/mol. The van der Waals surface area contributed by atoms with Crippen LogP contribution in [0.4, 0.5) is 0 Å². The first kappa shape index (κ1) is 58.9. The molecule has 0 aliphatic carbocycles. The normalized spacial score (nSPS) is 17.2. The summed E-state index contributed by atoms with van der Waals surface area (Å²) in [7, 11) is 8.90. The smallest absolute Gasteiger partial charge is 0.322 e. The van der Waals surface area contributed by atoms with Gasteiger partial charge >= 0.3 is 5.97 Å². The number of amides is 5. The second kappa shape index (κ2) is 32.5. The first-order valence-electron chi connectivity index (χ1n) is 22.8. The first-order valence-corrected chi connectivity index (χ1v) is 22.8. The van der Waals surface area contributed by atoms with Gasteiger partial charge in [-0.2, -0.15) is 0 Å². The Kier molecular flexibility index (Phi) is 30.4. The number of benzene rings is 1. The molecule has 1 aliphatic heterocycles. The van der Waals surface area contributed by atoms with E-state index in [1.165, 1.54) is 32.5 Å². The topological polar surface area (TPSA) is 202 Å². The highest BCUT2D eigenvalue weighted by Gasteiger charge is 2.42. The molecule has 1 aliphatic rings. The number of ether oxygens (including phenoxy) is 3. The van der Waals surface area contributed by atoms with Crippen LogP contribution in [0.25, 0.3) is 0 Å². The summed E-state index contributed by atoms with van der Waals surface area (Å²) >= 11 is 0. The van der Waals surface area contributed by atoms with Crippen LogP contribution in [0.5, 0.6) is 0 Å². The Morgan fingerprint density at radius 2 is 1.56 bits per heavy atom. The summed E-state index contributed by atoms with van der Waals surface area (Å²) in [6, 6.07) is 7.55. The molecule has 0 saturated carbocycles. The van der Waals surface area contributed by atoms with Gasteiger partial charge in [-0.05, 0) is 64.6 Å². The fourth-order valence-corrected chi connectivity index (χ4v) is 7.25. The fraction of sp³-hybridized carbons (Fsp3) is 0.745. The Morgan fingerprint density at radius 1 is 0.937 bits per heavy atom. The van der Waals surface area contributed by atoms with Gasteiger partial charge in [0, 0.05) is 46.8 Å². The van der Waals surface area contributed by atoms with Crippen molar-refractivity contribution in [2.75, 3.05) is 61.6 Å². The van der Waals surface area contributed by atoms with Gasteiger partial charge in [-0.3, -0.25) is 28.8 Å². The van der Waals surface area contributed by atoms with Crippen molar-refractivity contribution >= 4 is 36.0 Å². The third-order valence-electron chi connectivity index (χ3n) is 11.6. The van der Waals surface area contributed by atoms with Gasteiger partial charge in [-0.25, -0.2) is 0 Å². The Labute approximate surface area is 379 Å². The molecule has 2 rings (SSSR count). The van der Waals surface area contributed by atoms with Crippen molar-refractivity contribution < 1.29 is 43.0 Å². The third-order valence-corrected chi connectivity index (χ3v) is 11.6. The molecule has 1 fully saturated rings. The summed E-state index contributed by atoms with van der Waals surface area (Å²) in [5, 5.41) is 8.14. The van der Waals surface area contributed by atoms with Crippen molar-refractivity contribution in [3.8, 4) is 0 Å². The number of rotatable bonds is 25. The monoisotopic (exact) mass is 892 g/mol. The Morgan fingerprint density at radius 3 is 2.05 bits per heavy atom. The minimum Gasteiger partial charge on any atom is -0.464 e. The van der Waals surface area contributed by atoms with E-state index in [1.54, 1.807) is 18.9 Å². The average Bonchev–Trinajstić information content (AvgIpc) is 3.74. The summed E-state index contributed by atoms with van der Waals surface area (Å²) in [6.45, 7) is 18.8. The lowest BCUT2D eigenvalue weighted by Crippen LogP contribution is -2.55. The molecule has 1 saturated heterocycles. The largest absolute Gasteiger partial charge is 0.464 e. The van der Waals surface area contributed by atoms with Crippen LogP contribution in [0.15, 0.2) is 30.3 Å². The quantitative estimate of drug-likeness (QED) is 0.0633. The van der Waals surface area contributed by atoms with Gasteiger partial charge in [0.25, 0.3) is 0 Å². The highest BCUT2D eigenvalue weighted by atomic mass is 16.5. The van der Waals surface area contributed by atoms with Crippen LogP contribution in [-0.4, -0.2) is 155 Å². The van der Waals surface area contributed by atoms with E-state index in [-0.39, 0.29) is 56.2 Å². The minimum absolute atomic E-state index is 0.00150. The molecular formula is C47H85N7O9. The van der Waals surface area contributed by atoms with Crippen LogP contribution >= 0.6 is 0 Å². The van der Waals surface area contributed by atoms with Crippen molar-refractivity contribution in [2.45, 2.75) is 150 Å². The SMILES string of the molecule is CC(C)C(C)N(C)C.CCC.CCC(C)C(C(CC(=O)N1CCCC1C(OC)C(C)C(=O)NC(Cc1ccccc1)C(=O)NCCCOC(=O)C(C)N)OC)N(C)C(=O)CNC=O. The first-order chi connectivity index (χ1) is 29.8. The van der Waals surface area contributed by atoms with Gasteiger partial charge in [-0.1, -0.05) is 91.6 Å². The number of nitrogens with two attached hydrogens (primary N) is 1. The molecule has 1 aromatic carbocycles. The molecule has 9 atom stereocenters. The molecule has 1 aromatic rings. The number of nitrogens with zero attached hydrogens (tertiary/aromatic N) is 3. The van der Waals surface area contributed by atoms with E-state index >= 15 is 0 Å². The number of carbonyl (C=O) groups is 6. The van der Waals surface area contributed by atoms with E-state index in [0.717, 1.165) is 17.9 Å². The predicted octanol–water partition coefficient (Wildman–Crippen LogP) is 3.79. The number of esters is 1. The van der Waals surface area contributed by atoms with E-state index in [9.17, 15) is 28.8 Å². The summed E-state index contributed by atoms with van der Waals surface area (Å²) in [5.74, 6) is -1.76. The van der Waals surface area contributed by atoms with E-state index < -0.39 is 54.2 Å². The maximum absolute atomic E-state index is 13.9. The van der Waals surface area contributed by atoms with E-state index in [4.69, 9.17) is 19.9 Å². The number of likely N-dealkylation sites (N-methyl/N-ethyl adjacent to an activating group) is 1. The molecule has 362 valence electrons.